The van der Waals surface area contributed by atoms with Gasteiger partial charge in [0.15, 0.2) is 11.9 Å². The summed E-state index contributed by atoms with van der Waals surface area (Å²) < 4.78 is 11.3. The van der Waals surface area contributed by atoms with Crippen molar-refractivity contribution >= 4 is 22.7 Å². The number of benzene rings is 1. The number of nitrogens with zero attached hydrogens (tertiary/aromatic N) is 3. The van der Waals surface area contributed by atoms with Crippen LogP contribution < -0.4 is 15.7 Å². The van der Waals surface area contributed by atoms with Crippen LogP contribution >= 0.6 is 0 Å². The third kappa shape index (κ3) is 3.99. The summed E-state index contributed by atoms with van der Waals surface area (Å²) in [6.07, 6.45) is 1.35. The second kappa shape index (κ2) is 7.61. The zero-order valence-electron chi connectivity index (χ0n) is 15.8. The van der Waals surface area contributed by atoms with Crippen molar-refractivity contribution in [2.45, 2.75) is 46.8 Å². The van der Waals surface area contributed by atoms with E-state index in [1.165, 1.54) is 17.1 Å². The molecule has 2 heterocycles. The van der Waals surface area contributed by atoms with Gasteiger partial charge in [0.25, 0.3) is 5.91 Å². The quantitative estimate of drug-likeness (QED) is 0.670. The Hall–Kier alpha value is -3.16. The molecular formula is C19H22N4O4. The highest BCUT2D eigenvalue weighted by molar-refractivity contribution is 5.94. The second-order valence-electron chi connectivity index (χ2n) is 6.25. The molecule has 0 fully saturated rings. The van der Waals surface area contributed by atoms with E-state index >= 15 is 0 Å². The van der Waals surface area contributed by atoms with Gasteiger partial charge in [-0.2, -0.15) is 9.90 Å². The highest BCUT2D eigenvalue weighted by atomic mass is 16.5. The highest BCUT2D eigenvalue weighted by Gasteiger charge is 2.19. The SMILES string of the molecule is CCc1cc(=O)oc2cc(C)cc(OC(C)C(=O)Nc3cnn(CC)n3)c12. The standard InChI is InChI=1S/C19H22N4O4/c1-5-13-9-17(24)27-15-8-11(3)7-14(18(13)15)26-12(4)19(25)21-16-10-20-23(6-2)22-16/h7-10,12H,5-6H2,1-4H3,(H,21,22,25). The Bertz CT molecular complexity index is 1040. The first kappa shape index (κ1) is 18.6. The number of hydrogen-bond acceptors (Lipinski definition) is 6. The summed E-state index contributed by atoms with van der Waals surface area (Å²) in [6, 6.07) is 5.08. The van der Waals surface area contributed by atoms with E-state index in [1.807, 2.05) is 26.8 Å². The molecule has 1 aromatic carbocycles. The molecule has 1 unspecified atom stereocenters. The van der Waals surface area contributed by atoms with Gasteiger partial charge >= 0.3 is 5.63 Å². The van der Waals surface area contributed by atoms with Crippen LogP contribution in [-0.4, -0.2) is 27.0 Å². The summed E-state index contributed by atoms with van der Waals surface area (Å²) in [5.74, 6) is 0.528. The van der Waals surface area contributed by atoms with Crippen LogP contribution in [0.15, 0.2) is 33.6 Å². The number of nitrogens with one attached hydrogen (secondary N) is 1. The third-order valence-electron chi connectivity index (χ3n) is 4.16. The normalized spacial score (nSPS) is 12.1. The number of aryl methyl sites for hydroxylation is 3. The summed E-state index contributed by atoms with van der Waals surface area (Å²) >= 11 is 0. The molecule has 0 spiro atoms. The summed E-state index contributed by atoms with van der Waals surface area (Å²) in [7, 11) is 0. The minimum absolute atomic E-state index is 0.344. The van der Waals surface area contributed by atoms with Gasteiger partial charge in [0, 0.05) is 6.07 Å². The summed E-state index contributed by atoms with van der Waals surface area (Å²) in [6.45, 7) is 7.99. The van der Waals surface area contributed by atoms with Gasteiger partial charge in [0.1, 0.15) is 11.3 Å². The van der Waals surface area contributed by atoms with Crippen LogP contribution in [0.5, 0.6) is 5.75 Å². The Morgan fingerprint density at radius 1 is 1.33 bits per heavy atom. The van der Waals surface area contributed by atoms with Gasteiger partial charge in [0.2, 0.25) is 0 Å². The number of fused-ring (bicyclic) bond motifs is 1. The number of carbonyl (C=O) groups excluding carboxylic acids is 1. The van der Waals surface area contributed by atoms with Crippen LogP contribution in [0.1, 0.15) is 31.9 Å². The minimum atomic E-state index is -0.779. The molecule has 8 nitrogen and oxygen atoms in total. The molecule has 1 atom stereocenters. The molecule has 0 aliphatic rings. The number of amides is 1. The van der Waals surface area contributed by atoms with Gasteiger partial charge in [-0.3, -0.25) is 4.79 Å². The lowest BCUT2D eigenvalue weighted by atomic mass is 10.0. The maximum Gasteiger partial charge on any atom is 0.336 e. The molecule has 0 radical (unpaired) electrons. The maximum absolute atomic E-state index is 12.5. The summed E-state index contributed by atoms with van der Waals surface area (Å²) in [4.78, 5) is 25.7. The van der Waals surface area contributed by atoms with Crippen molar-refractivity contribution < 1.29 is 13.9 Å². The molecule has 3 rings (SSSR count). The first-order chi connectivity index (χ1) is 12.9. The molecule has 0 saturated heterocycles. The van der Waals surface area contributed by atoms with Crippen LogP contribution in [0.3, 0.4) is 0 Å². The summed E-state index contributed by atoms with van der Waals surface area (Å²) in [5, 5.41) is 11.5. The number of hydrogen-bond donors (Lipinski definition) is 1. The molecule has 0 saturated carbocycles. The third-order valence-corrected chi connectivity index (χ3v) is 4.16. The Morgan fingerprint density at radius 2 is 2.11 bits per heavy atom. The van der Waals surface area contributed by atoms with Crippen molar-refractivity contribution in [1.82, 2.24) is 15.0 Å². The number of rotatable bonds is 6. The maximum atomic E-state index is 12.5. The Labute approximate surface area is 156 Å². The van der Waals surface area contributed by atoms with Gasteiger partial charge in [0.05, 0.1) is 18.1 Å². The van der Waals surface area contributed by atoms with Crippen LogP contribution in [-0.2, 0) is 17.8 Å². The molecule has 0 aliphatic carbocycles. The van der Waals surface area contributed by atoms with Crippen molar-refractivity contribution in [2.75, 3.05) is 5.32 Å². The Morgan fingerprint density at radius 3 is 2.78 bits per heavy atom. The van der Waals surface area contributed by atoms with Crippen LogP contribution in [0.4, 0.5) is 5.82 Å². The predicted molar refractivity (Wildman–Crippen MR) is 101 cm³/mol. The molecule has 1 N–H and O–H groups in total. The lowest BCUT2D eigenvalue weighted by Crippen LogP contribution is -2.30. The zero-order chi connectivity index (χ0) is 19.6. The van der Waals surface area contributed by atoms with Gasteiger partial charge in [-0.05, 0) is 50.5 Å². The van der Waals surface area contributed by atoms with Crippen LogP contribution in [0, 0.1) is 6.92 Å². The van der Waals surface area contributed by atoms with Gasteiger partial charge in [-0.15, -0.1) is 5.10 Å². The van der Waals surface area contributed by atoms with Gasteiger partial charge < -0.3 is 14.5 Å². The van der Waals surface area contributed by atoms with E-state index in [1.54, 1.807) is 13.0 Å². The van der Waals surface area contributed by atoms with E-state index in [4.69, 9.17) is 9.15 Å². The van der Waals surface area contributed by atoms with E-state index in [-0.39, 0.29) is 5.91 Å². The number of carbonyl (C=O) groups is 1. The van der Waals surface area contributed by atoms with Crippen LogP contribution in [0.25, 0.3) is 11.0 Å². The predicted octanol–water partition coefficient (Wildman–Crippen LogP) is 2.68. The van der Waals surface area contributed by atoms with Crippen molar-refractivity contribution in [3.63, 3.8) is 0 Å². The van der Waals surface area contributed by atoms with Crippen molar-refractivity contribution in [3.8, 4) is 5.75 Å². The average molecular weight is 370 g/mol. The molecular weight excluding hydrogens is 348 g/mol. The Balaban J connectivity index is 1.88. The number of ether oxygens (including phenoxy) is 1. The van der Waals surface area contributed by atoms with Gasteiger partial charge in [-0.1, -0.05) is 6.92 Å². The van der Waals surface area contributed by atoms with E-state index in [0.29, 0.717) is 35.5 Å². The topological polar surface area (TPSA) is 99.2 Å². The molecule has 1 amide bonds. The highest BCUT2D eigenvalue weighted by Crippen LogP contribution is 2.31. The summed E-state index contributed by atoms with van der Waals surface area (Å²) in [5.41, 5.74) is 1.73. The van der Waals surface area contributed by atoms with E-state index in [0.717, 1.165) is 11.1 Å². The van der Waals surface area contributed by atoms with Gasteiger partial charge in [-0.25, -0.2) is 4.79 Å². The van der Waals surface area contributed by atoms with E-state index < -0.39 is 11.7 Å². The van der Waals surface area contributed by atoms with E-state index in [9.17, 15) is 9.59 Å². The molecule has 0 bridgehead atoms. The molecule has 8 heteroatoms. The minimum Gasteiger partial charge on any atom is -0.480 e. The zero-order valence-corrected chi connectivity index (χ0v) is 15.8. The number of anilines is 1. The average Bonchev–Trinajstić information content (AvgIpc) is 3.07. The smallest absolute Gasteiger partial charge is 0.336 e. The monoisotopic (exact) mass is 370 g/mol. The second-order valence-corrected chi connectivity index (χ2v) is 6.25. The molecule has 3 aromatic rings. The Kier molecular flexibility index (Phi) is 5.25. The molecule has 2 aromatic heterocycles. The molecule has 142 valence electrons. The fraction of sp³-hybridized carbons (Fsp3) is 0.368. The van der Waals surface area contributed by atoms with Crippen molar-refractivity contribution in [1.29, 1.82) is 0 Å². The van der Waals surface area contributed by atoms with E-state index in [2.05, 4.69) is 15.5 Å². The first-order valence-corrected chi connectivity index (χ1v) is 8.86. The lowest BCUT2D eigenvalue weighted by molar-refractivity contribution is -0.122. The fourth-order valence-corrected chi connectivity index (χ4v) is 2.82. The van der Waals surface area contributed by atoms with Crippen LogP contribution in [0.2, 0.25) is 0 Å². The number of aromatic nitrogens is 3. The largest absolute Gasteiger partial charge is 0.480 e. The molecule has 0 aliphatic heterocycles. The van der Waals surface area contributed by atoms with Crippen molar-refractivity contribution in [2.24, 2.45) is 0 Å². The lowest BCUT2D eigenvalue weighted by Gasteiger charge is -2.17. The van der Waals surface area contributed by atoms with Crippen molar-refractivity contribution in [3.05, 3.63) is 45.9 Å². The first-order valence-electron chi connectivity index (χ1n) is 8.86. The molecule has 27 heavy (non-hydrogen) atoms. The fourth-order valence-electron chi connectivity index (χ4n) is 2.82.